The predicted molar refractivity (Wildman–Crippen MR) is 46.6 cm³/mol. The molecule has 1 aliphatic heterocycles. The van der Waals surface area contributed by atoms with Crippen LogP contribution in [-0.2, 0) is 0 Å². The van der Waals surface area contributed by atoms with Crippen LogP contribution in [0.4, 0.5) is 0 Å². The van der Waals surface area contributed by atoms with E-state index in [-0.39, 0.29) is 20.5 Å². The molecule has 0 aromatic carbocycles. The van der Waals surface area contributed by atoms with E-state index < -0.39 is 0 Å². The van der Waals surface area contributed by atoms with E-state index in [1.807, 2.05) is 0 Å². The molecule has 0 N–H and O–H groups in total. The van der Waals surface area contributed by atoms with Crippen LogP contribution in [0.5, 0.6) is 0 Å². The van der Waals surface area contributed by atoms with E-state index in [1.54, 1.807) is 11.6 Å². The van der Waals surface area contributed by atoms with Gasteiger partial charge in [0.1, 0.15) is 0 Å². The van der Waals surface area contributed by atoms with Gasteiger partial charge in [0.2, 0.25) is 0 Å². The summed E-state index contributed by atoms with van der Waals surface area (Å²) in [5, 5.41) is 5.00. The molecular weight excluding hydrogens is 221 g/mol. The maximum absolute atomic E-state index is 11.1. The third-order valence-corrected chi connectivity index (χ3v) is 3.70. The van der Waals surface area contributed by atoms with Crippen LogP contribution >= 0.6 is 0 Å². The van der Waals surface area contributed by atoms with Crippen LogP contribution in [0.2, 0.25) is 5.32 Å². The standard InChI is InChI=1S/C7H7N3OSe/c1-4-3-12-7-8-6(11)5(2)9-10(4)7/h1,3H2,2H3. The van der Waals surface area contributed by atoms with E-state index in [0.717, 1.165) is 15.7 Å². The molecule has 0 atom stereocenters. The average molecular weight is 228 g/mol. The van der Waals surface area contributed by atoms with Crippen molar-refractivity contribution in [1.82, 2.24) is 14.8 Å². The van der Waals surface area contributed by atoms with Crippen molar-refractivity contribution in [2.75, 3.05) is 0 Å². The SMILES string of the molecule is C=C1C[Se]c2nc(=O)c(C)nn21. The third-order valence-electron chi connectivity index (χ3n) is 1.61. The van der Waals surface area contributed by atoms with Gasteiger partial charge in [-0.3, -0.25) is 0 Å². The number of fused-ring (bicyclic) bond motifs is 1. The van der Waals surface area contributed by atoms with E-state index in [0.29, 0.717) is 5.69 Å². The number of nitrogens with zero attached hydrogens (tertiary/aromatic N) is 3. The molecule has 2 heterocycles. The van der Waals surface area contributed by atoms with Crippen LogP contribution < -0.4 is 10.3 Å². The number of allylic oxidation sites excluding steroid dienone is 1. The fourth-order valence-electron chi connectivity index (χ4n) is 0.959. The summed E-state index contributed by atoms with van der Waals surface area (Å²) in [6.45, 7) is 5.51. The Kier molecular flexibility index (Phi) is 1.63. The molecular formula is C7H7N3OSe. The molecule has 0 saturated heterocycles. The fourth-order valence-corrected chi connectivity index (χ4v) is 2.76. The zero-order chi connectivity index (χ0) is 8.72. The van der Waals surface area contributed by atoms with Gasteiger partial charge in [0, 0.05) is 0 Å². The Morgan fingerprint density at radius 2 is 2.42 bits per heavy atom. The van der Waals surface area contributed by atoms with Crippen molar-refractivity contribution < 1.29 is 0 Å². The third kappa shape index (κ3) is 1.02. The number of hydrogen-bond acceptors (Lipinski definition) is 3. The van der Waals surface area contributed by atoms with Gasteiger partial charge >= 0.3 is 75.0 Å². The van der Waals surface area contributed by atoms with E-state index >= 15 is 0 Å². The first-order valence-electron chi connectivity index (χ1n) is 3.47. The van der Waals surface area contributed by atoms with Crippen molar-refractivity contribution >= 4 is 25.4 Å². The van der Waals surface area contributed by atoms with E-state index in [1.165, 1.54) is 0 Å². The molecule has 2 rings (SSSR count). The summed E-state index contributed by atoms with van der Waals surface area (Å²) in [6.07, 6.45) is 0. The Bertz CT molecular complexity index is 410. The van der Waals surface area contributed by atoms with Crippen LogP contribution in [-0.4, -0.2) is 29.7 Å². The Hall–Kier alpha value is -0.931. The van der Waals surface area contributed by atoms with Gasteiger partial charge in [0.05, 0.1) is 0 Å². The summed E-state index contributed by atoms with van der Waals surface area (Å²) in [6, 6.07) is 0. The summed E-state index contributed by atoms with van der Waals surface area (Å²) in [5.74, 6) is 0. The second kappa shape index (κ2) is 2.54. The first-order chi connectivity index (χ1) is 5.68. The fraction of sp³-hybridized carbons (Fsp3) is 0.286. The van der Waals surface area contributed by atoms with E-state index in [9.17, 15) is 4.79 Å². The molecule has 0 unspecified atom stereocenters. The minimum absolute atomic E-state index is 0.210. The van der Waals surface area contributed by atoms with Crippen molar-refractivity contribution in [3.63, 3.8) is 0 Å². The van der Waals surface area contributed by atoms with Gasteiger partial charge in [-0.15, -0.1) is 0 Å². The predicted octanol–water partition coefficient (Wildman–Crippen LogP) is -0.821. The van der Waals surface area contributed by atoms with Crippen molar-refractivity contribution in [3.05, 3.63) is 22.6 Å². The van der Waals surface area contributed by atoms with Gasteiger partial charge in [-0.25, -0.2) is 0 Å². The van der Waals surface area contributed by atoms with Crippen molar-refractivity contribution in [2.45, 2.75) is 12.2 Å². The van der Waals surface area contributed by atoms with Crippen LogP contribution in [0.1, 0.15) is 5.69 Å². The molecule has 12 heavy (non-hydrogen) atoms. The number of rotatable bonds is 0. The molecule has 0 saturated carbocycles. The van der Waals surface area contributed by atoms with Crippen LogP contribution in [0.15, 0.2) is 11.4 Å². The monoisotopic (exact) mass is 229 g/mol. The van der Waals surface area contributed by atoms with Crippen molar-refractivity contribution in [2.24, 2.45) is 0 Å². The summed E-state index contributed by atoms with van der Waals surface area (Å²) in [4.78, 5) is 15.0. The van der Waals surface area contributed by atoms with Crippen LogP contribution in [0, 0.1) is 6.92 Å². The summed E-state index contributed by atoms with van der Waals surface area (Å²) in [7, 11) is 0. The summed E-state index contributed by atoms with van der Waals surface area (Å²) >= 11 is 0.247. The Morgan fingerprint density at radius 1 is 1.67 bits per heavy atom. The zero-order valence-corrected chi connectivity index (χ0v) is 8.29. The first kappa shape index (κ1) is 7.70. The van der Waals surface area contributed by atoms with Gasteiger partial charge in [-0.1, -0.05) is 0 Å². The molecule has 62 valence electrons. The van der Waals surface area contributed by atoms with Crippen LogP contribution in [0.25, 0.3) is 5.70 Å². The summed E-state index contributed by atoms with van der Waals surface area (Å²) < 4.78 is 2.49. The van der Waals surface area contributed by atoms with Gasteiger partial charge in [0.25, 0.3) is 0 Å². The van der Waals surface area contributed by atoms with Crippen LogP contribution in [0.3, 0.4) is 0 Å². The minimum atomic E-state index is -0.210. The first-order valence-corrected chi connectivity index (χ1v) is 5.54. The van der Waals surface area contributed by atoms with Gasteiger partial charge in [-0.05, 0) is 0 Å². The van der Waals surface area contributed by atoms with Gasteiger partial charge in [-0.2, -0.15) is 0 Å². The van der Waals surface area contributed by atoms with E-state index in [2.05, 4.69) is 16.7 Å². The topological polar surface area (TPSA) is 47.8 Å². The quantitative estimate of drug-likeness (QED) is 0.545. The number of aromatic nitrogens is 3. The second-order valence-electron chi connectivity index (χ2n) is 2.55. The average Bonchev–Trinajstić information content (AvgIpc) is 2.35. The number of hydrogen-bond donors (Lipinski definition) is 0. The Labute approximate surface area is 75.5 Å². The van der Waals surface area contributed by atoms with Gasteiger partial charge in [0.15, 0.2) is 0 Å². The van der Waals surface area contributed by atoms with Crippen molar-refractivity contribution in [1.29, 1.82) is 0 Å². The summed E-state index contributed by atoms with van der Waals surface area (Å²) in [5.41, 5.74) is 1.18. The van der Waals surface area contributed by atoms with Gasteiger partial charge < -0.3 is 0 Å². The molecule has 0 aliphatic carbocycles. The molecule has 0 spiro atoms. The molecule has 4 nitrogen and oxygen atoms in total. The molecule has 0 bridgehead atoms. The molecule has 1 aromatic heterocycles. The Morgan fingerprint density at radius 3 is 3.17 bits per heavy atom. The van der Waals surface area contributed by atoms with E-state index in [4.69, 9.17) is 0 Å². The maximum atomic E-state index is 11.1. The molecule has 1 aliphatic rings. The Balaban J connectivity index is 2.72. The molecule has 5 heteroatoms. The molecule has 0 fully saturated rings. The molecule has 0 radical (unpaired) electrons. The molecule has 0 amide bonds. The molecule has 1 aromatic rings. The number of aryl methyl sites for hydroxylation is 1. The normalized spacial score (nSPS) is 14.9. The second-order valence-corrected chi connectivity index (χ2v) is 4.53. The van der Waals surface area contributed by atoms with Crippen molar-refractivity contribution in [3.8, 4) is 0 Å². The zero-order valence-electron chi connectivity index (χ0n) is 6.57.